The summed E-state index contributed by atoms with van der Waals surface area (Å²) in [5.74, 6) is 0. The Morgan fingerprint density at radius 3 is 2.94 bits per heavy atom. The summed E-state index contributed by atoms with van der Waals surface area (Å²) in [5, 5.41) is 12.1. The van der Waals surface area contributed by atoms with Gasteiger partial charge in [0.25, 0.3) is 0 Å². The predicted molar refractivity (Wildman–Crippen MR) is 72.3 cm³/mol. The third-order valence-electron chi connectivity index (χ3n) is 2.97. The SMILES string of the molecule is CCNC(CCc1ccsc1)c1ccnn1C. The van der Waals surface area contributed by atoms with Crippen LogP contribution in [0.1, 0.15) is 30.6 Å². The Kier molecular flexibility index (Phi) is 4.34. The third kappa shape index (κ3) is 3.17. The number of rotatable bonds is 6. The lowest BCUT2D eigenvalue weighted by molar-refractivity contribution is 0.480. The van der Waals surface area contributed by atoms with Gasteiger partial charge in [0.05, 0.1) is 5.69 Å². The number of nitrogens with zero attached hydrogens (tertiary/aromatic N) is 2. The monoisotopic (exact) mass is 249 g/mol. The molecule has 0 bridgehead atoms. The van der Waals surface area contributed by atoms with E-state index >= 15 is 0 Å². The topological polar surface area (TPSA) is 29.9 Å². The van der Waals surface area contributed by atoms with E-state index in [9.17, 15) is 0 Å². The first kappa shape index (κ1) is 12.3. The summed E-state index contributed by atoms with van der Waals surface area (Å²) < 4.78 is 1.96. The molecule has 0 aliphatic rings. The van der Waals surface area contributed by atoms with E-state index in [0.717, 1.165) is 19.4 Å². The van der Waals surface area contributed by atoms with E-state index in [-0.39, 0.29) is 0 Å². The molecule has 0 fully saturated rings. The van der Waals surface area contributed by atoms with Gasteiger partial charge < -0.3 is 5.32 Å². The van der Waals surface area contributed by atoms with Gasteiger partial charge >= 0.3 is 0 Å². The molecule has 0 radical (unpaired) electrons. The number of hydrogen-bond donors (Lipinski definition) is 1. The van der Waals surface area contributed by atoms with E-state index in [1.165, 1.54) is 11.3 Å². The fourth-order valence-electron chi connectivity index (χ4n) is 2.07. The normalized spacial score (nSPS) is 12.8. The molecule has 2 aromatic heterocycles. The van der Waals surface area contributed by atoms with E-state index < -0.39 is 0 Å². The van der Waals surface area contributed by atoms with E-state index in [0.29, 0.717) is 6.04 Å². The summed E-state index contributed by atoms with van der Waals surface area (Å²) in [6.07, 6.45) is 4.10. The lowest BCUT2D eigenvalue weighted by Crippen LogP contribution is -2.23. The van der Waals surface area contributed by atoms with Crippen molar-refractivity contribution in [3.8, 4) is 0 Å². The first-order valence-electron chi connectivity index (χ1n) is 6.03. The average Bonchev–Trinajstić information content (AvgIpc) is 2.95. The van der Waals surface area contributed by atoms with Crippen LogP contribution in [0.5, 0.6) is 0 Å². The van der Waals surface area contributed by atoms with Crippen molar-refractivity contribution in [2.45, 2.75) is 25.8 Å². The Labute approximate surface area is 106 Å². The van der Waals surface area contributed by atoms with Crippen LogP contribution >= 0.6 is 11.3 Å². The van der Waals surface area contributed by atoms with Crippen molar-refractivity contribution in [1.82, 2.24) is 15.1 Å². The van der Waals surface area contributed by atoms with Gasteiger partial charge in [-0.3, -0.25) is 4.68 Å². The molecule has 1 unspecified atom stereocenters. The van der Waals surface area contributed by atoms with Crippen LogP contribution in [0.25, 0.3) is 0 Å². The summed E-state index contributed by atoms with van der Waals surface area (Å²) in [4.78, 5) is 0. The summed E-state index contributed by atoms with van der Waals surface area (Å²) in [6, 6.07) is 4.70. The number of aryl methyl sites for hydroxylation is 2. The van der Waals surface area contributed by atoms with Gasteiger partial charge in [-0.05, 0) is 47.8 Å². The number of nitrogens with one attached hydrogen (secondary N) is 1. The van der Waals surface area contributed by atoms with Crippen LogP contribution in [0.3, 0.4) is 0 Å². The molecule has 0 saturated heterocycles. The van der Waals surface area contributed by atoms with Crippen molar-refractivity contribution in [1.29, 1.82) is 0 Å². The van der Waals surface area contributed by atoms with Crippen molar-refractivity contribution >= 4 is 11.3 Å². The van der Waals surface area contributed by atoms with Crippen molar-refractivity contribution in [2.24, 2.45) is 7.05 Å². The molecule has 0 saturated carbocycles. The molecular weight excluding hydrogens is 230 g/mol. The van der Waals surface area contributed by atoms with Crippen LogP contribution in [0.4, 0.5) is 0 Å². The number of hydrogen-bond acceptors (Lipinski definition) is 3. The summed E-state index contributed by atoms with van der Waals surface area (Å²) in [6.45, 7) is 3.13. The molecule has 2 aromatic rings. The standard InChI is InChI=1S/C13H19N3S/c1-3-14-12(13-6-8-15-16(13)2)5-4-11-7-9-17-10-11/h6-10,12,14H,3-5H2,1-2H3. The zero-order valence-corrected chi connectivity index (χ0v) is 11.2. The largest absolute Gasteiger partial charge is 0.309 e. The molecule has 0 spiro atoms. The molecular formula is C13H19N3S. The van der Waals surface area contributed by atoms with Gasteiger partial charge in [0, 0.05) is 19.3 Å². The van der Waals surface area contributed by atoms with Crippen LogP contribution in [-0.2, 0) is 13.5 Å². The molecule has 2 heterocycles. The maximum Gasteiger partial charge on any atom is 0.0550 e. The average molecular weight is 249 g/mol. The Bertz CT molecular complexity index is 433. The fourth-order valence-corrected chi connectivity index (χ4v) is 2.78. The van der Waals surface area contributed by atoms with Gasteiger partial charge in [0.1, 0.15) is 0 Å². The summed E-state index contributed by atoms with van der Waals surface area (Å²) in [5.41, 5.74) is 2.70. The minimum atomic E-state index is 0.396. The second kappa shape index (κ2) is 5.98. The highest BCUT2D eigenvalue weighted by molar-refractivity contribution is 7.07. The van der Waals surface area contributed by atoms with Gasteiger partial charge in [-0.1, -0.05) is 6.92 Å². The van der Waals surface area contributed by atoms with Crippen LogP contribution in [-0.4, -0.2) is 16.3 Å². The first-order valence-corrected chi connectivity index (χ1v) is 6.98. The van der Waals surface area contributed by atoms with E-state index in [4.69, 9.17) is 0 Å². The number of thiophene rings is 1. The lowest BCUT2D eigenvalue weighted by Gasteiger charge is -2.17. The smallest absolute Gasteiger partial charge is 0.0550 e. The van der Waals surface area contributed by atoms with Gasteiger partial charge in [0.15, 0.2) is 0 Å². The van der Waals surface area contributed by atoms with E-state index in [2.05, 4.69) is 40.2 Å². The lowest BCUT2D eigenvalue weighted by atomic mass is 10.0. The highest BCUT2D eigenvalue weighted by Crippen LogP contribution is 2.19. The van der Waals surface area contributed by atoms with Crippen LogP contribution in [0.15, 0.2) is 29.1 Å². The third-order valence-corrected chi connectivity index (χ3v) is 3.70. The molecule has 0 aliphatic carbocycles. The summed E-state index contributed by atoms with van der Waals surface area (Å²) in [7, 11) is 2.00. The molecule has 4 heteroatoms. The van der Waals surface area contributed by atoms with Gasteiger partial charge in [0.2, 0.25) is 0 Å². The second-order valence-corrected chi connectivity index (χ2v) is 4.94. The molecule has 0 aromatic carbocycles. The van der Waals surface area contributed by atoms with Crippen LogP contribution in [0, 0.1) is 0 Å². The molecule has 17 heavy (non-hydrogen) atoms. The molecule has 92 valence electrons. The van der Waals surface area contributed by atoms with Crippen molar-refractivity contribution in [3.63, 3.8) is 0 Å². The minimum Gasteiger partial charge on any atom is -0.309 e. The van der Waals surface area contributed by atoms with Crippen molar-refractivity contribution < 1.29 is 0 Å². The molecule has 2 rings (SSSR count). The van der Waals surface area contributed by atoms with Gasteiger partial charge in [-0.2, -0.15) is 16.4 Å². The maximum atomic E-state index is 4.24. The van der Waals surface area contributed by atoms with Crippen molar-refractivity contribution in [3.05, 3.63) is 40.3 Å². The van der Waals surface area contributed by atoms with Gasteiger partial charge in [-0.15, -0.1) is 0 Å². The summed E-state index contributed by atoms with van der Waals surface area (Å²) >= 11 is 1.77. The molecule has 0 amide bonds. The van der Waals surface area contributed by atoms with E-state index in [1.54, 1.807) is 11.3 Å². The molecule has 3 nitrogen and oxygen atoms in total. The van der Waals surface area contributed by atoms with Crippen LogP contribution < -0.4 is 5.32 Å². The Morgan fingerprint density at radius 2 is 2.35 bits per heavy atom. The fraction of sp³-hybridized carbons (Fsp3) is 0.462. The Balaban J connectivity index is 2.00. The quantitative estimate of drug-likeness (QED) is 0.853. The zero-order valence-electron chi connectivity index (χ0n) is 10.4. The number of aromatic nitrogens is 2. The van der Waals surface area contributed by atoms with Crippen LogP contribution in [0.2, 0.25) is 0 Å². The maximum absolute atomic E-state index is 4.24. The Hall–Kier alpha value is -1.13. The van der Waals surface area contributed by atoms with Crippen molar-refractivity contribution in [2.75, 3.05) is 6.54 Å². The van der Waals surface area contributed by atoms with Gasteiger partial charge in [-0.25, -0.2) is 0 Å². The van der Waals surface area contributed by atoms with E-state index in [1.807, 2.05) is 17.9 Å². The molecule has 1 N–H and O–H groups in total. The zero-order chi connectivity index (χ0) is 12.1. The highest BCUT2D eigenvalue weighted by atomic mass is 32.1. The molecule has 1 atom stereocenters. The predicted octanol–water partition coefficient (Wildman–Crippen LogP) is 2.77. The highest BCUT2D eigenvalue weighted by Gasteiger charge is 2.13. The second-order valence-electron chi connectivity index (χ2n) is 4.16. The Morgan fingerprint density at radius 1 is 1.47 bits per heavy atom. The molecule has 0 aliphatic heterocycles. The minimum absolute atomic E-state index is 0.396. The first-order chi connectivity index (χ1) is 8.31.